The molecule has 2 rings (SSSR count). The Morgan fingerprint density at radius 2 is 1.65 bits per heavy atom. The van der Waals surface area contributed by atoms with Crippen LogP contribution in [0.3, 0.4) is 0 Å². The van der Waals surface area contributed by atoms with Crippen molar-refractivity contribution in [3.63, 3.8) is 0 Å². The molecule has 2 aromatic rings. The van der Waals surface area contributed by atoms with Crippen LogP contribution in [0.2, 0.25) is 0 Å². The molecule has 0 radical (unpaired) electrons. The van der Waals surface area contributed by atoms with Gasteiger partial charge in [0, 0.05) is 51.7 Å². The molecule has 168 valence electrons. The van der Waals surface area contributed by atoms with Gasteiger partial charge in [-0.3, -0.25) is 4.79 Å². The molecule has 1 aromatic heterocycles. The maximum Gasteiger partial charge on any atom is 0.247 e. The van der Waals surface area contributed by atoms with Gasteiger partial charge in [0.1, 0.15) is 17.3 Å². The molecule has 0 bridgehead atoms. The lowest BCUT2D eigenvalue weighted by Crippen LogP contribution is -2.30. The number of benzene rings is 1. The second-order valence-electron chi connectivity index (χ2n) is 8.29. The Balaban J connectivity index is 2.64. The smallest absolute Gasteiger partial charge is 0.247 e. The molecule has 6 nitrogen and oxygen atoms in total. The number of pyridine rings is 1. The van der Waals surface area contributed by atoms with E-state index in [1.807, 2.05) is 52.1 Å². The highest BCUT2D eigenvalue weighted by atomic mass is 16.5. The number of carbonyl (C=O) groups is 1. The average molecular weight is 426 g/mol. The lowest BCUT2D eigenvalue weighted by molar-refractivity contribution is -0.117. The van der Waals surface area contributed by atoms with Crippen molar-refractivity contribution in [2.75, 3.05) is 19.5 Å². The zero-order valence-corrected chi connectivity index (χ0v) is 20.1. The fourth-order valence-corrected chi connectivity index (χ4v) is 3.59. The molecular formula is C25H35N3O3. The largest absolute Gasteiger partial charge is 0.496 e. The van der Waals surface area contributed by atoms with E-state index in [1.165, 1.54) is 0 Å². The summed E-state index contributed by atoms with van der Waals surface area (Å²) in [6, 6.07) is 4.36. The fourth-order valence-electron chi connectivity index (χ4n) is 3.59. The first-order chi connectivity index (χ1) is 14.6. The number of carbonyl (C=O) groups excluding carboxylic acids is 1. The summed E-state index contributed by atoms with van der Waals surface area (Å²) in [5.74, 6) is 2.18. The fraction of sp³-hybridized carbons (Fsp3) is 0.440. The Morgan fingerprint density at radius 1 is 1.00 bits per heavy atom. The van der Waals surface area contributed by atoms with Gasteiger partial charge in [-0.1, -0.05) is 0 Å². The molecular weight excluding hydrogens is 390 g/mol. The van der Waals surface area contributed by atoms with E-state index in [9.17, 15) is 4.79 Å². The summed E-state index contributed by atoms with van der Waals surface area (Å²) in [5, 5.41) is 6.23. The Kier molecular flexibility index (Phi) is 8.08. The molecule has 0 atom stereocenters. The van der Waals surface area contributed by atoms with Crippen molar-refractivity contribution < 1.29 is 14.3 Å². The summed E-state index contributed by atoms with van der Waals surface area (Å²) in [5.41, 5.74) is 5.15. The summed E-state index contributed by atoms with van der Waals surface area (Å²) >= 11 is 0. The molecule has 0 aliphatic carbocycles. The van der Waals surface area contributed by atoms with E-state index in [-0.39, 0.29) is 11.9 Å². The summed E-state index contributed by atoms with van der Waals surface area (Å²) in [6.45, 7) is 13.8. The SMILES string of the molecule is COc1c(C)c(-c2ccc(NC(C)C)nc2)c(OC)c(C)c1/C=C(\C)C(=O)NC(C)C. The normalized spacial score (nSPS) is 11.6. The molecule has 0 saturated heterocycles. The highest BCUT2D eigenvalue weighted by Gasteiger charge is 2.22. The number of nitrogens with one attached hydrogen (secondary N) is 2. The first-order valence-electron chi connectivity index (χ1n) is 10.6. The van der Waals surface area contributed by atoms with Crippen LogP contribution >= 0.6 is 0 Å². The number of hydrogen-bond donors (Lipinski definition) is 2. The van der Waals surface area contributed by atoms with Crippen LogP contribution in [0, 0.1) is 13.8 Å². The van der Waals surface area contributed by atoms with Gasteiger partial charge in [-0.2, -0.15) is 0 Å². The lowest BCUT2D eigenvalue weighted by atomic mass is 9.91. The van der Waals surface area contributed by atoms with Crippen LogP contribution in [-0.4, -0.2) is 37.2 Å². The number of hydrogen-bond acceptors (Lipinski definition) is 5. The third kappa shape index (κ3) is 5.57. The molecule has 31 heavy (non-hydrogen) atoms. The highest BCUT2D eigenvalue weighted by Crippen LogP contribution is 2.44. The Bertz CT molecular complexity index is 961. The Morgan fingerprint density at radius 3 is 2.13 bits per heavy atom. The van der Waals surface area contributed by atoms with Crippen LogP contribution < -0.4 is 20.1 Å². The molecule has 0 unspecified atom stereocenters. The first-order valence-corrected chi connectivity index (χ1v) is 10.6. The van der Waals surface area contributed by atoms with Crippen molar-refractivity contribution in [1.82, 2.24) is 10.3 Å². The minimum atomic E-state index is -0.102. The van der Waals surface area contributed by atoms with Crippen molar-refractivity contribution in [2.45, 2.75) is 60.5 Å². The maximum absolute atomic E-state index is 12.4. The molecule has 0 aliphatic heterocycles. The van der Waals surface area contributed by atoms with Crippen LogP contribution in [0.5, 0.6) is 11.5 Å². The number of anilines is 1. The van der Waals surface area contributed by atoms with E-state index in [2.05, 4.69) is 29.5 Å². The summed E-state index contributed by atoms with van der Waals surface area (Å²) < 4.78 is 11.6. The second-order valence-corrected chi connectivity index (χ2v) is 8.29. The zero-order valence-electron chi connectivity index (χ0n) is 20.1. The number of aromatic nitrogens is 1. The minimum Gasteiger partial charge on any atom is -0.496 e. The van der Waals surface area contributed by atoms with Gasteiger partial charge < -0.3 is 20.1 Å². The van der Waals surface area contributed by atoms with E-state index in [1.54, 1.807) is 21.1 Å². The van der Waals surface area contributed by atoms with Crippen LogP contribution in [0.25, 0.3) is 17.2 Å². The van der Waals surface area contributed by atoms with Gasteiger partial charge in [-0.05, 0) is 66.7 Å². The highest BCUT2D eigenvalue weighted by molar-refractivity contribution is 5.98. The topological polar surface area (TPSA) is 72.5 Å². The van der Waals surface area contributed by atoms with Gasteiger partial charge in [0.15, 0.2) is 0 Å². The molecule has 0 fully saturated rings. The number of amides is 1. The van der Waals surface area contributed by atoms with E-state index >= 15 is 0 Å². The first kappa shape index (κ1) is 24.3. The number of rotatable bonds is 8. The molecule has 0 spiro atoms. The Labute approximate surface area is 186 Å². The molecule has 1 heterocycles. The summed E-state index contributed by atoms with van der Waals surface area (Å²) in [7, 11) is 3.30. The average Bonchev–Trinajstić information content (AvgIpc) is 2.70. The van der Waals surface area contributed by atoms with Gasteiger partial charge in [-0.15, -0.1) is 0 Å². The maximum atomic E-state index is 12.4. The minimum absolute atomic E-state index is 0.0677. The van der Waals surface area contributed by atoms with Crippen LogP contribution in [0.4, 0.5) is 5.82 Å². The second kappa shape index (κ2) is 10.3. The molecule has 0 saturated carbocycles. The van der Waals surface area contributed by atoms with Crippen molar-refractivity contribution >= 4 is 17.8 Å². The van der Waals surface area contributed by atoms with Crippen molar-refractivity contribution in [3.05, 3.63) is 40.6 Å². The molecule has 1 amide bonds. The summed E-state index contributed by atoms with van der Waals surface area (Å²) in [6.07, 6.45) is 3.70. The van der Waals surface area contributed by atoms with Gasteiger partial charge >= 0.3 is 0 Å². The van der Waals surface area contributed by atoms with E-state index in [0.29, 0.717) is 11.6 Å². The number of nitrogens with zero attached hydrogens (tertiary/aromatic N) is 1. The summed E-state index contributed by atoms with van der Waals surface area (Å²) in [4.78, 5) is 17.0. The Hall–Kier alpha value is -3.02. The van der Waals surface area contributed by atoms with E-state index in [0.717, 1.165) is 45.1 Å². The third-order valence-corrected chi connectivity index (χ3v) is 4.97. The zero-order chi connectivity index (χ0) is 23.3. The standard InChI is InChI=1S/C25H35N3O3/c1-14(2)27-21-11-10-19(13-26-21)22-18(7)23(30-8)20(17(6)24(22)31-9)12-16(5)25(29)28-15(3)4/h10-15H,1-9H3,(H,26,27)(H,28,29)/b16-12+. The molecule has 2 N–H and O–H groups in total. The lowest BCUT2D eigenvalue weighted by Gasteiger charge is -2.21. The van der Waals surface area contributed by atoms with Crippen LogP contribution in [-0.2, 0) is 4.79 Å². The van der Waals surface area contributed by atoms with E-state index in [4.69, 9.17) is 9.47 Å². The van der Waals surface area contributed by atoms with Crippen molar-refractivity contribution in [3.8, 4) is 22.6 Å². The third-order valence-electron chi connectivity index (χ3n) is 4.97. The number of ether oxygens (including phenoxy) is 2. The van der Waals surface area contributed by atoms with Crippen molar-refractivity contribution in [2.24, 2.45) is 0 Å². The predicted molar refractivity (Wildman–Crippen MR) is 128 cm³/mol. The van der Waals surface area contributed by atoms with Gasteiger partial charge in [0.05, 0.1) is 14.2 Å². The quantitative estimate of drug-likeness (QED) is 0.574. The van der Waals surface area contributed by atoms with Crippen molar-refractivity contribution in [1.29, 1.82) is 0 Å². The van der Waals surface area contributed by atoms with Gasteiger partial charge in [0.2, 0.25) is 5.91 Å². The van der Waals surface area contributed by atoms with Gasteiger partial charge in [0.25, 0.3) is 0 Å². The van der Waals surface area contributed by atoms with Gasteiger partial charge in [-0.25, -0.2) is 4.98 Å². The van der Waals surface area contributed by atoms with Crippen LogP contribution in [0.1, 0.15) is 51.3 Å². The molecule has 1 aromatic carbocycles. The monoisotopic (exact) mass is 425 g/mol. The number of methoxy groups -OCH3 is 2. The molecule has 0 aliphatic rings. The predicted octanol–water partition coefficient (Wildman–Crippen LogP) is 5.13. The molecule has 6 heteroatoms. The van der Waals surface area contributed by atoms with E-state index < -0.39 is 0 Å². The van der Waals surface area contributed by atoms with Crippen LogP contribution in [0.15, 0.2) is 23.9 Å².